The first-order valence-electron chi connectivity index (χ1n) is 8.70. The van der Waals surface area contributed by atoms with Gasteiger partial charge in [0.15, 0.2) is 6.61 Å². The number of sulfonamides is 1. The van der Waals surface area contributed by atoms with E-state index in [1.54, 1.807) is 44.2 Å². The quantitative estimate of drug-likeness (QED) is 0.637. The summed E-state index contributed by atoms with van der Waals surface area (Å²) in [6.45, 7) is 3.31. The summed E-state index contributed by atoms with van der Waals surface area (Å²) in [5, 5.41) is 2.64. The summed E-state index contributed by atoms with van der Waals surface area (Å²) < 4.78 is 34.0. The molecule has 0 spiro atoms. The third-order valence-corrected chi connectivity index (χ3v) is 4.99. The van der Waals surface area contributed by atoms with Gasteiger partial charge in [-0.3, -0.25) is 9.52 Å². The van der Waals surface area contributed by atoms with Gasteiger partial charge in [0.1, 0.15) is 5.75 Å². The van der Waals surface area contributed by atoms with Gasteiger partial charge in [0.05, 0.1) is 4.90 Å². The number of ether oxygens (including phenoxy) is 1. The largest absolute Gasteiger partial charge is 0.484 e. The number of amides is 1. The number of hydrogen-bond acceptors (Lipinski definition) is 6. The van der Waals surface area contributed by atoms with Crippen molar-refractivity contribution in [1.29, 1.82) is 0 Å². The van der Waals surface area contributed by atoms with Crippen molar-refractivity contribution >= 4 is 27.6 Å². The fourth-order valence-electron chi connectivity index (χ4n) is 2.48. The third kappa shape index (κ3) is 5.76. The molecule has 1 aromatic heterocycles. The molecule has 0 atom stereocenters. The molecule has 9 heteroatoms. The lowest BCUT2D eigenvalue weighted by molar-refractivity contribution is -0.118. The molecule has 3 aromatic rings. The summed E-state index contributed by atoms with van der Waals surface area (Å²) in [7, 11) is -3.98. The third-order valence-electron chi connectivity index (χ3n) is 3.72. The Bertz CT molecular complexity index is 1080. The maximum Gasteiger partial charge on any atom is 0.262 e. The van der Waals surface area contributed by atoms with E-state index in [4.69, 9.17) is 4.74 Å². The Labute approximate surface area is 169 Å². The smallest absolute Gasteiger partial charge is 0.262 e. The Morgan fingerprint density at radius 3 is 2.24 bits per heavy atom. The minimum Gasteiger partial charge on any atom is -0.484 e. The Balaban J connectivity index is 1.62. The standard InChI is InChI=1S/C20H20N4O4S/c1-14-12-15(2)22-20(21-14)24-29(26,27)18-10-8-16(9-11-18)23-19(25)13-28-17-6-4-3-5-7-17/h3-12H,13H2,1-2H3,(H2,21,22,23,24,25)/p-1. The van der Waals surface area contributed by atoms with Gasteiger partial charge < -0.3 is 20.0 Å². The Morgan fingerprint density at radius 2 is 1.62 bits per heavy atom. The fourth-order valence-corrected chi connectivity index (χ4v) is 3.36. The second-order valence-corrected chi connectivity index (χ2v) is 7.80. The molecule has 2 aromatic carbocycles. The maximum absolute atomic E-state index is 12.5. The van der Waals surface area contributed by atoms with Gasteiger partial charge in [-0.15, -0.1) is 0 Å². The molecule has 3 rings (SSSR count). The minimum atomic E-state index is -3.98. The summed E-state index contributed by atoms with van der Waals surface area (Å²) in [4.78, 5) is 20.0. The van der Waals surface area contributed by atoms with Gasteiger partial charge in [-0.2, -0.15) is 0 Å². The van der Waals surface area contributed by atoms with Gasteiger partial charge in [-0.25, -0.2) is 8.42 Å². The SMILES string of the molecule is Cc1cc(C)nc([N-]S(=O)(=O)c2ccc(NC(=O)COc3ccccc3)cc2)n1. The number of carbonyl (C=O) groups excluding carboxylic acids is 1. The molecule has 0 aliphatic heterocycles. The molecule has 0 saturated heterocycles. The van der Waals surface area contributed by atoms with Crippen LogP contribution in [0.5, 0.6) is 5.75 Å². The first-order chi connectivity index (χ1) is 13.8. The lowest BCUT2D eigenvalue weighted by atomic mass is 10.3. The van der Waals surface area contributed by atoms with E-state index in [2.05, 4.69) is 20.0 Å². The monoisotopic (exact) mass is 411 g/mol. The predicted molar refractivity (Wildman–Crippen MR) is 109 cm³/mol. The Morgan fingerprint density at radius 1 is 1.00 bits per heavy atom. The fraction of sp³-hybridized carbons (Fsp3) is 0.150. The van der Waals surface area contributed by atoms with Crippen LogP contribution in [0.15, 0.2) is 65.6 Å². The van der Waals surface area contributed by atoms with Crippen LogP contribution in [-0.2, 0) is 14.8 Å². The van der Waals surface area contributed by atoms with Crippen molar-refractivity contribution in [3.63, 3.8) is 0 Å². The van der Waals surface area contributed by atoms with E-state index < -0.39 is 10.0 Å². The molecule has 0 radical (unpaired) electrons. The minimum absolute atomic E-state index is 0.0289. The summed E-state index contributed by atoms with van der Waals surface area (Å²) in [5.41, 5.74) is 1.69. The molecule has 1 heterocycles. The van der Waals surface area contributed by atoms with E-state index in [1.807, 2.05) is 6.07 Å². The van der Waals surface area contributed by atoms with Crippen molar-refractivity contribution in [2.45, 2.75) is 18.7 Å². The van der Waals surface area contributed by atoms with E-state index in [1.165, 1.54) is 24.3 Å². The molecule has 8 nitrogen and oxygen atoms in total. The Kier molecular flexibility index (Phi) is 6.08. The number of hydrogen-bond donors (Lipinski definition) is 1. The average Bonchev–Trinajstić information content (AvgIpc) is 2.66. The second kappa shape index (κ2) is 8.70. The molecule has 29 heavy (non-hydrogen) atoms. The molecule has 0 aliphatic rings. The summed E-state index contributed by atoms with van der Waals surface area (Å²) in [5.74, 6) is 0.107. The van der Waals surface area contributed by atoms with Crippen molar-refractivity contribution in [1.82, 2.24) is 9.97 Å². The van der Waals surface area contributed by atoms with Crippen LogP contribution in [0.3, 0.4) is 0 Å². The maximum atomic E-state index is 12.5. The lowest BCUT2D eigenvalue weighted by Gasteiger charge is -2.15. The number of nitrogens with one attached hydrogen (secondary N) is 1. The van der Waals surface area contributed by atoms with E-state index >= 15 is 0 Å². The number of aryl methyl sites for hydroxylation is 2. The van der Waals surface area contributed by atoms with E-state index in [0.717, 1.165) is 0 Å². The highest BCUT2D eigenvalue weighted by atomic mass is 32.2. The van der Waals surface area contributed by atoms with Crippen molar-refractivity contribution in [3.8, 4) is 5.75 Å². The van der Waals surface area contributed by atoms with Gasteiger partial charge in [-0.1, -0.05) is 24.3 Å². The topological polar surface area (TPSA) is 112 Å². The van der Waals surface area contributed by atoms with Gasteiger partial charge in [0.25, 0.3) is 5.91 Å². The van der Waals surface area contributed by atoms with Gasteiger partial charge in [-0.05, 0) is 61.6 Å². The molecule has 1 N–H and O–H groups in total. The van der Waals surface area contributed by atoms with Crippen molar-refractivity contribution in [2.75, 3.05) is 11.9 Å². The Hall–Kier alpha value is -3.46. The number of aromatic nitrogens is 2. The molecule has 0 aliphatic carbocycles. The predicted octanol–water partition coefficient (Wildman–Crippen LogP) is 3.51. The highest BCUT2D eigenvalue weighted by Gasteiger charge is 2.12. The molecule has 0 saturated carbocycles. The van der Waals surface area contributed by atoms with Crippen LogP contribution >= 0.6 is 0 Å². The second-order valence-electron chi connectivity index (χ2n) is 6.19. The van der Waals surface area contributed by atoms with Crippen LogP contribution < -0.4 is 10.1 Å². The first-order valence-corrected chi connectivity index (χ1v) is 10.1. The molecular weight excluding hydrogens is 392 g/mol. The van der Waals surface area contributed by atoms with Crippen LogP contribution in [0.25, 0.3) is 4.72 Å². The number of anilines is 1. The average molecular weight is 411 g/mol. The van der Waals surface area contributed by atoms with Gasteiger partial charge in [0, 0.05) is 11.6 Å². The highest BCUT2D eigenvalue weighted by molar-refractivity contribution is 7.94. The number of nitrogens with zero attached hydrogens (tertiary/aromatic N) is 3. The molecule has 1 amide bonds. The molecule has 0 fully saturated rings. The zero-order valence-corrected chi connectivity index (χ0v) is 16.7. The van der Waals surface area contributed by atoms with Crippen LogP contribution in [0.4, 0.5) is 11.6 Å². The zero-order valence-electron chi connectivity index (χ0n) is 15.9. The van der Waals surface area contributed by atoms with Crippen LogP contribution in [0.2, 0.25) is 0 Å². The summed E-state index contributed by atoms with van der Waals surface area (Å²) in [6.07, 6.45) is 0. The van der Waals surface area contributed by atoms with Crippen LogP contribution in [-0.4, -0.2) is 30.9 Å². The first kappa shape index (κ1) is 20.3. The zero-order chi connectivity index (χ0) is 20.9. The molecular formula is C20H19N4O4S-. The van der Waals surface area contributed by atoms with Crippen molar-refractivity contribution in [2.24, 2.45) is 0 Å². The van der Waals surface area contributed by atoms with E-state index in [-0.39, 0.29) is 23.4 Å². The number of benzene rings is 2. The molecule has 0 unspecified atom stereocenters. The van der Waals surface area contributed by atoms with Gasteiger partial charge >= 0.3 is 0 Å². The number of rotatable bonds is 7. The van der Waals surface area contributed by atoms with Gasteiger partial charge in [0.2, 0.25) is 10.0 Å². The summed E-state index contributed by atoms with van der Waals surface area (Å²) in [6, 6.07) is 16.3. The molecule has 150 valence electrons. The van der Waals surface area contributed by atoms with E-state index in [9.17, 15) is 13.2 Å². The number of carbonyl (C=O) groups is 1. The van der Waals surface area contributed by atoms with Crippen molar-refractivity contribution in [3.05, 3.63) is 76.8 Å². The van der Waals surface area contributed by atoms with E-state index in [0.29, 0.717) is 22.8 Å². The van der Waals surface area contributed by atoms with Crippen LogP contribution in [0.1, 0.15) is 11.4 Å². The summed E-state index contributed by atoms with van der Waals surface area (Å²) >= 11 is 0. The number of para-hydroxylation sites is 1. The van der Waals surface area contributed by atoms with Crippen LogP contribution in [0, 0.1) is 13.8 Å². The lowest BCUT2D eigenvalue weighted by Crippen LogP contribution is -2.20. The normalized spacial score (nSPS) is 11.0. The van der Waals surface area contributed by atoms with Crippen molar-refractivity contribution < 1.29 is 17.9 Å². The highest BCUT2D eigenvalue weighted by Crippen LogP contribution is 2.25. The molecule has 0 bridgehead atoms.